The molecule has 0 aliphatic rings. The van der Waals surface area contributed by atoms with E-state index in [1.54, 1.807) is 30.6 Å². The van der Waals surface area contributed by atoms with Crippen molar-refractivity contribution in [2.24, 2.45) is 0 Å². The summed E-state index contributed by atoms with van der Waals surface area (Å²) >= 11 is 1.38. The molecule has 0 fully saturated rings. The van der Waals surface area contributed by atoms with Crippen LogP contribution in [0.3, 0.4) is 0 Å². The number of thiophene rings is 1. The number of rotatable bonds is 3. The van der Waals surface area contributed by atoms with Gasteiger partial charge in [-0.1, -0.05) is 30.3 Å². The minimum Gasteiger partial charge on any atom is -0.380 e. The first kappa shape index (κ1) is 13.1. The molecule has 102 valence electrons. The molecule has 5 heteroatoms. The molecule has 0 spiro atoms. The van der Waals surface area contributed by atoms with Gasteiger partial charge in [0.15, 0.2) is 0 Å². The summed E-state index contributed by atoms with van der Waals surface area (Å²) < 4.78 is 25.2. The van der Waals surface area contributed by atoms with Crippen LogP contribution in [0.2, 0.25) is 0 Å². The van der Waals surface area contributed by atoms with E-state index in [1.807, 2.05) is 30.3 Å². The zero-order valence-corrected chi connectivity index (χ0v) is 12.5. The first-order valence-corrected chi connectivity index (χ1v) is 8.48. The van der Waals surface area contributed by atoms with E-state index in [4.69, 9.17) is 0 Å². The van der Waals surface area contributed by atoms with Crippen LogP contribution in [-0.4, -0.2) is 15.5 Å². The molecule has 1 aromatic heterocycles. The molecule has 0 saturated heterocycles. The standard InChI is InChI=1S/C15H13NO2S2/c1-16-15-9-14(10-19-15)20(17,18)13-7-6-11-4-2-3-5-12(11)8-13/h2-10,16H,1H3. The van der Waals surface area contributed by atoms with Crippen LogP contribution in [0.15, 0.2) is 63.7 Å². The summed E-state index contributed by atoms with van der Waals surface area (Å²) in [5, 5.41) is 7.42. The summed E-state index contributed by atoms with van der Waals surface area (Å²) in [5.41, 5.74) is 0. The van der Waals surface area contributed by atoms with Crippen LogP contribution >= 0.6 is 11.3 Å². The third-order valence-electron chi connectivity index (χ3n) is 3.16. The minimum absolute atomic E-state index is 0.330. The Bertz CT molecular complexity index is 866. The lowest BCUT2D eigenvalue weighted by Gasteiger charge is -2.04. The average Bonchev–Trinajstić information content (AvgIpc) is 2.96. The highest BCUT2D eigenvalue weighted by Crippen LogP contribution is 2.29. The molecular weight excluding hydrogens is 290 g/mol. The monoisotopic (exact) mass is 303 g/mol. The highest BCUT2D eigenvalue weighted by Gasteiger charge is 2.19. The van der Waals surface area contributed by atoms with Gasteiger partial charge in [-0.15, -0.1) is 11.3 Å². The van der Waals surface area contributed by atoms with Crippen molar-refractivity contribution < 1.29 is 8.42 Å². The summed E-state index contributed by atoms with van der Waals surface area (Å²) in [6.07, 6.45) is 0. The lowest BCUT2D eigenvalue weighted by atomic mass is 10.1. The third-order valence-corrected chi connectivity index (χ3v) is 5.99. The van der Waals surface area contributed by atoms with Gasteiger partial charge in [-0.25, -0.2) is 8.42 Å². The van der Waals surface area contributed by atoms with Crippen LogP contribution in [0, 0.1) is 0 Å². The van der Waals surface area contributed by atoms with Gasteiger partial charge in [0.25, 0.3) is 0 Å². The highest BCUT2D eigenvalue weighted by atomic mass is 32.2. The van der Waals surface area contributed by atoms with Gasteiger partial charge in [0.05, 0.1) is 14.8 Å². The molecule has 0 bridgehead atoms. The molecule has 0 unspecified atom stereocenters. The van der Waals surface area contributed by atoms with Crippen molar-refractivity contribution in [3.63, 3.8) is 0 Å². The zero-order chi connectivity index (χ0) is 14.2. The van der Waals surface area contributed by atoms with Crippen LogP contribution in [0.4, 0.5) is 5.00 Å². The smallest absolute Gasteiger partial charge is 0.207 e. The molecule has 2 aromatic carbocycles. The number of hydrogen-bond donors (Lipinski definition) is 1. The fraction of sp³-hybridized carbons (Fsp3) is 0.0667. The number of anilines is 1. The molecule has 1 heterocycles. The van der Waals surface area contributed by atoms with E-state index in [0.717, 1.165) is 15.8 Å². The lowest BCUT2D eigenvalue weighted by Crippen LogP contribution is -2.00. The van der Waals surface area contributed by atoms with Crippen LogP contribution in [-0.2, 0) is 9.84 Å². The maximum absolute atomic E-state index is 12.6. The van der Waals surface area contributed by atoms with Crippen molar-refractivity contribution in [1.82, 2.24) is 0 Å². The number of hydrogen-bond acceptors (Lipinski definition) is 4. The number of nitrogens with one attached hydrogen (secondary N) is 1. The van der Waals surface area contributed by atoms with E-state index in [-0.39, 0.29) is 0 Å². The van der Waals surface area contributed by atoms with Gasteiger partial charge in [-0.2, -0.15) is 0 Å². The predicted octanol–water partition coefficient (Wildman–Crippen LogP) is 3.78. The normalized spacial score (nSPS) is 11.7. The predicted molar refractivity (Wildman–Crippen MR) is 83.3 cm³/mol. The number of fused-ring (bicyclic) bond motifs is 1. The van der Waals surface area contributed by atoms with Crippen LogP contribution in [0.25, 0.3) is 10.8 Å². The first-order valence-electron chi connectivity index (χ1n) is 6.11. The Balaban J connectivity index is 2.13. The van der Waals surface area contributed by atoms with Crippen LogP contribution < -0.4 is 5.32 Å². The van der Waals surface area contributed by atoms with Gasteiger partial charge in [0.2, 0.25) is 9.84 Å². The second-order valence-corrected chi connectivity index (χ2v) is 7.27. The molecule has 0 radical (unpaired) electrons. The van der Waals surface area contributed by atoms with Gasteiger partial charge in [0.1, 0.15) is 0 Å². The van der Waals surface area contributed by atoms with E-state index in [2.05, 4.69) is 5.32 Å². The van der Waals surface area contributed by atoms with Gasteiger partial charge in [-0.3, -0.25) is 0 Å². The summed E-state index contributed by atoms with van der Waals surface area (Å²) in [5.74, 6) is 0. The van der Waals surface area contributed by atoms with Gasteiger partial charge < -0.3 is 5.32 Å². The molecule has 3 aromatic rings. The zero-order valence-electron chi connectivity index (χ0n) is 10.8. The molecule has 0 aliphatic heterocycles. The summed E-state index contributed by atoms with van der Waals surface area (Å²) in [7, 11) is -1.67. The Morgan fingerprint density at radius 2 is 1.70 bits per heavy atom. The molecule has 3 nitrogen and oxygen atoms in total. The molecule has 0 saturated carbocycles. The van der Waals surface area contributed by atoms with E-state index < -0.39 is 9.84 Å². The van der Waals surface area contributed by atoms with Crippen LogP contribution in [0.1, 0.15) is 0 Å². The fourth-order valence-electron chi connectivity index (χ4n) is 2.06. The summed E-state index contributed by atoms with van der Waals surface area (Å²) in [4.78, 5) is 0.666. The lowest BCUT2D eigenvalue weighted by molar-refractivity contribution is 0.596. The van der Waals surface area contributed by atoms with Crippen molar-refractivity contribution in [2.45, 2.75) is 9.79 Å². The summed E-state index contributed by atoms with van der Waals surface area (Å²) in [6, 6.07) is 14.6. The largest absolute Gasteiger partial charge is 0.380 e. The molecule has 20 heavy (non-hydrogen) atoms. The van der Waals surface area contributed by atoms with Crippen molar-refractivity contribution in [3.8, 4) is 0 Å². The maximum atomic E-state index is 12.6. The Morgan fingerprint density at radius 1 is 0.950 bits per heavy atom. The second kappa shape index (κ2) is 4.92. The third kappa shape index (κ3) is 2.19. The average molecular weight is 303 g/mol. The topological polar surface area (TPSA) is 46.2 Å². The number of benzene rings is 2. The second-order valence-electron chi connectivity index (χ2n) is 4.41. The Labute approximate surface area is 121 Å². The van der Waals surface area contributed by atoms with E-state index in [9.17, 15) is 8.42 Å². The van der Waals surface area contributed by atoms with Crippen molar-refractivity contribution in [3.05, 3.63) is 53.9 Å². The molecule has 0 atom stereocenters. The quantitative estimate of drug-likeness (QED) is 0.801. The Morgan fingerprint density at radius 3 is 2.40 bits per heavy atom. The van der Waals surface area contributed by atoms with Gasteiger partial charge >= 0.3 is 0 Å². The summed E-state index contributed by atoms with van der Waals surface area (Å²) in [6.45, 7) is 0. The van der Waals surface area contributed by atoms with Crippen LogP contribution in [0.5, 0.6) is 0 Å². The molecule has 0 aliphatic carbocycles. The molecule has 0 amide bonds. The maximum Gasteiger partial charge on any atom is 0.207 e. The minimum atomic E-state index is -3.45. The SMILES string of the molecule is CNc1cc(S(=O)(=O)c2ccc3ccccc3c2)cs1. The van der Waals surface area contributed by atoms with Crippen molar-refractivity contribution in [2.75, 3.05) is 12.4 Å². The van der Waals surface area contributed by atoms with E-state index >= 15 is 0 Å². The van der Waals surface area contributed by atoms with Gasteiger partial charge in [-0.05, 0) is 29.0 Å². The first-order chi connectivity index (χ1) is 9.61. The molecule has 1 N–H and O–H groups in total. The van der Waals surface area contributed by atoms with E-state index in [0.29, 0.717) is 9.79 Å². The van der Waals surface area contributed by atoms with Crippen molar-refractivity contribution >= 4 is 36.9 Å². The highest BCUT2D eigenvalue weighted by molar-refractivity contribution is 7.91. The van der Waals surface area contributed by atoms with Crippen molar-refractivity contribution in [1.29, 1.82) is 0 Å². The fourth-order valence-corrected chi connectivity index (χ4v) is 4.49. The number of sulfone groups is 1. The Hall–Kier alpha value is -1.85. The van der Waals surface area contributed by atoms with Gasteiger partial charge in [0, 0.05) is 12.4 Å². The molecular formula is C15H13NO2S2. The Kier molecular flexibility index (Phi) is 3.23. The molecule has 3 rings (SSSR count). The van der Waals surface area contributed by atoms with E-state index in [1.165, 1.54) is 11.3 Å².